The van der Waals surface area contributed by atoms with E-state index in [1.54, 1.807) is 11.3 Å². The van der Waals surface area contributed by atoms with Gasteiger partial charge in [0.2, 0.25) is 0 Å². The Morgan fingerprint density at radius 2 is 2.25 bits per heavy atom. The Balaban J connectivity index is 1.78. The van der Waals surface area contributed by atoms with E-state index in [9.17, 15) is 0 Å². The Kier molecular flexibility index (Phi) is 3.90. The summed E-state index contributed by atoms with van der Waals surface area (Å²) in [6.07, 6.45) is 2.27. The number of nitrogens with one attached hydrogen (secondary N) is 1. The zero-order valence-corrected chi connectivity index (χ0v) is 13.3. The minimum atomic E-state index is 0.380. The number of hydrogen-bond donors (Lipinski definition) is 1. The number of hydrogen-bond acceptors (Lipinski definition) is 3. The van der Waals surface area contributed by atoms with E-state index in [0.717, 1.165) is 22.9 Å². The molecule has 2 aromatic rings. The van der Waals surface area contributed by atoms with E-state index in [0.29, 0.717) is 12.6 Å². The van der Waals surface area contributed by atoms with Crippen molar-refractivity contribution in [2.45, 2.75) is 32.7 Å². The Bertz CT molecular complexity index is 623. The number of halogens is 1. The molecule has 3 rings (SSSR count). The van der Waals surface area contributed by atoms with E-state index in [4.69, 9.17) is 16.3 Å². The molecule has 0 fully saturated rings. The highest BCUT2D eigenvalue weighted by Crippen LogP contribution is 2.41. The molecule has 4 heteroatoms. The minimum absolute atomic E-state index is 0.380. The molecular weight excluding hydrogens is 290 g/mol. The minimum Gasteiger partial charge on any atom is -0.494 e. The van der Waals surface area contributed by atoms with Gasteiger partial charge in [0.1, 0.15) is 5.75 Å². The van der Waals surface area contributed by atoms with Crippen molar-refractivity contribution in [2.75, 3.05) is 11.9 Å². The molecule has 0 spiro atoms. The predicted octanol–water partition coefficient (Wildman–Crippen LogP) is 5.21. The van der Waals surface area contributed by atoms with Crippen molar-refractivity contribution in [3.8, 4) is 5.75 Å². The molecule has 1 aliphatic rings. The first-order valence-corrected chi connectivity index (χ1v) is 8.15. The van der Waals surface area contributed by atoms with Crippen LogP contribution in [-0.2, 0) is 6.42 Å². The van der Waals surface area contributed by atoms with Crippen LogP contribution in [0.1, 0.15) is 35.4 Å². The fraction of sp³-hybridized carbons (Fsp3) is 0.375. The van der Waals surface area contributed by atoms with E-state index >= 15 is 0 Å². The molecule has 1 unspecified atom stereocenters. The van der Waals surface area contributed by atoms with Gasteiger partial charge < -0.3 is 10.1 Å². The number of aryl methyl sites for hydroxylation is 2. The third-order valence-corrected chi connectivity index (χ3v) is 5.03. The van der Waals surface area contributed by atoms with E-state index in [2.05, 4.69) is 30.4 Å². The van der Waals surface area contributed by atoms with Crippen LogP contribution >= 0.6 is 22.9 Å². The van der Waals surface area contributed by atoms with Crippen molar-refractivity contribution in [2.24, 2.45) is 0 Å². The molecular formula is C16H18ClNOS. The largest absolute Gasteiger partial charge is 0.494 e. The molecule has 20 heavy (non-hydrogen) atoms. The molecule has 1 aromatic heterocycles. The molecule has 0 aliphatic heterocycles. The molecule has 1 heterocycles. The van der Waals surface area contributed by atoms with Crippen LogP contribution in [0.25, 0.3) is 0 Å². The van der Waals surface area contributed by atoms with Crippen LogP contribution in [0.3, 0.4) is 0 Å². The molecule has 0 bridgehead atoms. The summed E-state index contributed by atoms with van der Waals surface area (Å²) in [5, 5.41) is 3.64. The van der Waals surface area contributed by atoms with Gasteiger partial charge in [-0.2, -0.15) is 0 Å². The maximum atomic E-state index is 6.11. The van der Waals surface area contributed by atoms with Crippen molar-refractivity contribution in [3.05, 3.63) is 44.6 Å². The van der Waals surface area contributed by atoms with Gasteiger partial charge in [0.25, 0.3) is 0 Å². The van der Waals surface area contributed by atoms with Crippen molar-refractivity contribution < 1.29 is 4.74 Å². The molecule has 1 N–H and O–H groups in total. The SMILES string of the molecule is CCOc1ccc(NC2CCc3sc(Cl)cc32)c(C)c1. The van der Waals surface area contributed by atoms with E-state index < -0.39 is 0 Å². The first kappa shape index (κ1) is 13.8. The van der Waals surface area contributed by atoms with Gasteiger partial charge in [0, 0.05) is 10.6 Å². The quantitative estimate of drug-likeness (QED) is 0.837. The molecule has 1 aromatic carbocycles. The van der Waals surface area contributed by atoms with Gasteiger partial charge in [0.15, 0.2) is 0 Å². The second kappa shape index (κ2) is 5.66. The van der Waals surface area contributed by atoms with Crippen molar-refractivity contribution in [1.29, 1.82) is 0 Å². The zero-order chi connectivity index (χ0) is 14.1. The lowest BCUT2D eigenvalue weighted by Gasteiger charge is -2.17. The van der Waals surface area contributed by atoms with Crippen molar-refractivity contribution in [3.63, 3.8) is 0 Å². The fourth-order valence-electron chi connectivity index (χ4n) is 2.72. The highest BCUT2D eigenvalue weighted by molar-refractivity contribution is 7.16. The molecule has 0 saturated carbocycles. The molecule has 0 radical (unpaired) electrons. The second-order valence-electron chi connectivity index (χ2n) is 5.07. The average molecular weight is 308 g/mol. The van der Waals surface area contributed by atoms with Crippen molar-refractivity contribution >= 4 is 28.6 Å². The summed E-state index contributed by atoms with van der Waals surface area (Å²) in [4.78, 5) is 1.43. The van der Waals surface area contributed by atoms with Gasteiger partial charge in [-0.15, -0.1) is 11.3 Å². The first-order chi connectivity index (χ1) is 9.67. The standard InChI is InChI=1S/C16H18ClNOS/c1-3-19-11-4-5-13(10(2)8-11)18-14-6-7-15-12(14)9-16(17)20-15/h4-5,8-9,14,18H,3,6-7H2,1-2H3. The smallest absolute Gasteiger partial charge is 0.119 e. The lowest BCUT2D eigenvalue weighted by Crippen LogP contribution is -2.07. The number of rotatable bonds is 4. The molecule has 0 amide bonds. The highest BCUT2D eigenvalue weighted by Gasteiger charge is 2.25. The second-order valence-corrected chi connectivity index (χ2v) is 6.84. The Labute approximate surface area is 128 Å². The molecule has 1 aliphatic carbocycles. The number of thiophene rings is 1. The molecule has 0 saturated heterocycles. The summed E-state index contributed by atoms with van der Waals surface area (Å²) in [5.74, 6) is 0.932. The summed E-state index contributed by atoms with van der Waals surface area (Å²) in [6, 6.07) is 8.70. The Hall–Kier alpha value is -1.19. The van der Waals surface area contributed by atoms with Crippen LogP contribution in [0.2, 0.25) is 4.34 Å². The number of fused-ring (bicyclic) bond motifs is 1. The van der Waals surface area contributed by atoms with Crippen molar-refractivity contribution in [1.82, 2.24) is 0 Å². The van der Waals surface area contributed by atoms with Gasteiger partial charge in [-0.3, -0.25) is 0 Å². The predicted molar refractivity (Wildman–Crippen MR) is 86.4 cm³/mol. The lowest BCUT2D eigenvalue weighted by molar-refractivity contribution is 0.340. The van der Waals surface area contributed by atoms with E-state index in [-0.39, 0.29) is 0 Å². The molecule has 106 valence electrons. The van der Waals surface area contributed by atoms with Crippen LogP contribution in [0.5, 0.6) is 5.75 Å². The average Bonchev–Trinajstić information content (AvgIpc) is 2.93. The fourth-order valence-corrected chi connectivity index (χ4v) is 4.08. The third kappa shape index (κ3) is 2.65. The zero-order valence-electron chi connectivity index (χ0n) is 11.7. The molecule has 1 atom stereocenters. The van der Waals surface area contributed by atoms with Gasteiger partial charge in [-0.25, -0.2) is 0 Å². The van der Waals surface area contributed by atoms with Gasteiger partial charge >= 0.3 is 0 Å². The molecule has 2 nitrogen and oxygen atoms in total. The maximum Gasteiger partial charge on any atom is 0.119 e. The summed E-state index contributed by atoms with van der Waals surface area (Å²) < 4.78 is 6.42. The maximum absolute atomic E-state index is 6.11. The Morgan fingerprint density at radius 3 is 3.00 bits per heavy atom. The highest BCUT2D eigenvalue weighted by atomic mass is 35.5. The van der Waals surface area contributed by atoms with Crippen LogP contribution in [0.4, 0.5) is 5.69 Å². The van der Waals surface area contributed by atoms with Gasteiger partial charge in [-0.05, 0) is 62.1 Å². The van der Waals surface area contributed by atoms with Gasteiger partial charge in [-0.1, -0.05) is 11.6 Å². The Morgan fingerprint density at radius 1 is 1.40 bits per heavy atom. The van der Waals surface area contributed by atoms with Crippen LogP contribution in [0, 0.1) is 6.92 Å². The summed E-state index contributed by atoms with van der Waals surface area (Å²) in [7, 11) is 0. The van der Waals surface area contributed by atoms with Crippen LogP contribution in [0.15, 0.2) is 24.3 Å². The summed E-state index contributed by atoms with van der Waals surface area (Å²) in [5.41, 5.74) is 3.76. The topological polar surface area (TPSA) is 21.3 Å². The summed E-state index contributed by atoms with van der Waals surface area (Å²) in [6.45, 7) is 4.81. The normalized spacial score (nSPS) is 17.1. The number of ether oxygens (including phenoxy) is 1. The lowest BCUT2D eigenvalue weighted by atomic mass is 10.1. The first-order valence-electron chi connectivity index (χ1n) is 6.95. The number of anilines is 1. The van der Waals surface area contributed by atoms with E-state index in [1.807, 2.05) is 13.0 Å². The number of benzene rings is 1. The summed E-state index contributed by atoms with van der Waals surface area (Å²) >= 11 is 7.82. The third-order valence-electron chi connectivity index (χ3n) is 3.69. The van der Waals surface area contributed by atoms with Gasteiger partial charge in [0.05, 0.1) is 17.0 Å². The van der Waals surface area contributed by atoms with Crippen LogP contribution < -0.4 is 10.1 Å². The monoisotopic (exact) mass is 307 g/mol. The van der Waals surface area contributed by atoms with E-state index in [1.165, 1.54) is 21.7 Å². The van der Waals surface area contributed by atoms with Crippen LogP contribution in [-0.4, -0.2) is 6.61 Å².